The average molecular weight is 708 g/mol. The number of esters is 2. The number of hydrogen-bond acceptors (Lipinski definition) is 5. The van der Waals surface area contributed by atoms with E-state index in [9.17, 15) is 9.59 Å². The van der Waals surface area contributed by atoms with Crippen molar-refractivity contribution in [2.45, 2.75) is 240 Å². The normalized spacial score (nSPS) is 11.8. The van der Waals surface area contributed by atoms with Crippen molar-refractivity contribution >= 4 is 11.9 Å². The molecule has 50 heavy (non-hydrogen) atoms. The molecule has 0 bridgehead atoms. The molecule has 0 spiro atoms. The highest BCUT2D eigenvalue weighted by molar-refractivity contribution is 5.99. The van der Waals surface area contributed by atoms with Crippen LogP contribution in [-0.4, -0.2) is 49.7 Å². The van der Waals surface area contributed by atoms with Crippen LogP contribution in [0, 0.1) is 5.41 Å². The molecule has 0 aliphatic carbocycles. The smallest absolute Gasteiger partial charge is 0.323 e. The van der Waals surface area contributed by atoms with Crippen molar-refractivity contribution < 1.29 is 19.1 Å². The van der Waals surface area contributed by atoms with E-state index in [2.05, 4.69) is 32.6 Å². The second-order valence-electron chi connectivity index (χ2n) is 15.7. The monoisotopic (exact) mass is 708 g/mol. The molecular formula is C45H89NO4. The maximum absolute atomic E-state index is 13.4. The van der Waals surface area contributed by atoms with Crippen LogP contribution in [-0.2, 0) is 19.1 Å². The molecule has 0 aromatic rings. The van der Waals surface area contributed by atoms with Crippen LogP contribution in [0.3, 0.4) is 0 Å². The number of carbonyl (C=O) groups excluding carboxylic acids is 2. The Bertz CT molecular complexity index is 690. The fourth-order valence-electron chi connectivity index (χ4n) is 7.05. The first-order chi connectivity index (χ1) is 24.5. The zero-order valence-electron chi connectivity index (χ0n) is 34.7. The summed E-state index contributed by atoms with van der Waals surface area (Å²) in [6, 6.07) is 0. The van der Waals surface area contributed by atoms with Gasteiger partial charge in [0, 0.05) is 0 Å². The molecule has 298 valence electrons. The number of rotatable bonds is 40. The van der Waals surface area contributed by atoms with Crippen LogP contribution in [0.15, 0.2) is 0 Å². The van der Waals surface area contributed by atoms with Crippen LogP contribution in [0.2, 0.25) is 0 Å². The first kappa shape index (κ1) is 48.9. The summed E-state index contributed by atoms with van der Waals surface area (Å²) >= 11 is 0. The summed E-state index contributed by atoms with van der Waals surface area (Å²) in [4.78, 5) is 29.4. The second kappa shape index (κ2) is 37.7. The van der Waals surface area contributed by atoms with Crippen molar-refractivity contribution in [1.82, 2.24) is 4.90 Å². The van der Waals surface area contributed by atoms with Gasteiger partial charge in [-0.2, -0.15) is 0 Å². The summed E-state index contributed by atoms with van der Waals surface area (Å²) in [6.45, 7) is 15.2. The van der Waals surface area contributed by atoms with Gasteiger partial charge in [0.2, 0.25) is 0 Å². The van der Waals surface area contributed by atoms with Gasteiger partial charge in [-0.1, -0.05) is 195 Å². The molecule has 0 rings (SSSR count). The Morgan fingerprint density at radius 3 is 1.02 bits per heavy atom. The lowest BCUT2D eigenvalue weighted by atomic mass is 9.84. The molecule has 5 heteroatoms. The van der Waals surface area contributed by atoms with Gasteiger partial charge in [-0.3, -0.25) is 9.59 Å². The fourth-order valence-corrected chi connectivity index (χ4v) is 7.05. The molecule has 0 heterocycles. The fraction of sp³-hybridized carbons (Fsp3) is 0.956. The quantitative estimate of drug-likeness (QED) is 0.0360. The highest BCUT2D eigenvalue weighted by Gasteiger charge is 2.43. The van der Waals surface area contributed by atoms with Crippen LogP contribution >= 0.6 is 0 Å². The first-order valence-corrected chi connectivity index (χ1v) is 22.5. The molecule has 0 aromatic heterocycles. The van der Waals surface area contributed by atoms with Crippen LogP contribution in [0.1, 0.15) is 240 Å². The number of unbranched alkanes of at least 4 members (excludes halogenated alkanes) is 26. The van der Waals surface area contributed by atoms with Crippen molar-refractivity contribution in [3.8, 4) is 0 Å². The number of nitrogens with zero attached hydrogens (tertiary/aromatic N) is 1. The van der Waals surface area contributed by atoms with Gasteiger partial charge >= 0.3 is 11.9 Å². The maximum atomic E-state index is 13.4. The van der Waals surface area contributed by atoms with Crippen molar-refractivity contribution in [3.05, 3.63) is 0 Å². The van der Waals surface area contributed by atoms with Gasteiger partial charge in [-0.25, -0.2) is 0 Å². The molecule has 0 radical (unpaired) electrons. The van der Waals surface area contributed by atoms with E-state index in [-0.39, 0.29) is 11.9 Å². The minimum Gasteiger partial charge on any atom is -0.465 e. The van der Waals surface area contributed by atoms with Gasteiger partial charge in [0.05, 0.1) is 13.2 Å². The summed E-state index contributed by atoms with van der Waals surface area (Å²) in [5, 5.41) is 0. The van der Waals surface area contributed by atoms with E-state index in [0.29, 0.717) is 19.6 Å². The van der Waals surface area contributed by atoms with Gasteiger partial charge < -0.3 is 14.4 Å². The molecular weight excluding hydrogens is 618 g/mol. The Labute approximate surface area is 313 Å². The van der Waals surface area contributed by atoms with E-state index in [1.165, 1.54) is 167 Å². The molecule has 0 aromatic carbocycles. The number of hydrogen-bond donors (Lipinski definition) is 0. The van der Waals surface area contributed by atoms with Crippen molar-refractivity contribution in [1.29, 1.82) is 0 Å². The summed E-state index contributed by atoms with van der Waals surface area (Å²) in [6.07, 6.45) is 38.9. The molecule has 0 aliphatic rings. The number of ether oxygens (including phenoxy) is 2. The lowest BCUT2D eigenvalue weighted by Gasteiger charge is -2.26. The Hall–Kier alpha value is -1.10. The van der Waals surface area contributed by atoms with Crippen LogP contribution < -0.4 is 0 Å². The first-order valence-electron chi connectivity index (χ1n) is 22.5. The predicted molar refractivity (Wildman–Crippen MR) is 217 cm³/mol. The van der Waals surface area contributed by atoms with E-state index < -0.39 is 5.41 Å². The molecule has 0 saturated heterocycles. The molecule has 0 fully saturated rings. The summed E-state index contributed by atoms with van der Waals surface area (Å²) in [5.74, 6) is -0.762. The van der Waals surface area contributed by atoms with Gasteiger partial charge in [0.25, 0.3) is 0 Å². The van der Waals surface area contributed by atoms with Crippen molar-refractivity contribution in [3.63, 3.8) is 0 Å². The lowest BCUT2D eigenvalue weighted by molar-refractivity contribution is -0.172. The highest BCUT2D eigenvalue weighted by Crippen LogP contribution is 2.29. The molecule has 0 amide bonds. The maximum Gasteiger partial charge on any atom is 0.323 e. The van der Waals surface area contributed by atoms with Gasteiger partial charge in [0.15, 0.2) is 5.41 Å². The van der Waals surface area contributed by atoms with Crippen molar-refractivity contribution in [2.75, 3.05) is 32.8 Å². The second-order valence-corrected chi connectivity index (χ2v) is 15.7. The largest absolute Gasteiger partial charge is 0.465 e. The van der Waals surface area contributed by atoms with E-state index in [4.69, 9.17) is 9.47 Å². The third-order valence-electron chi connectivity index (χ3n) is 10.6. The zero-order chi connectivity index (χ0) is 36.8. The third kappa shape index (κ3) is 29.5. The third-order valence-corrected chi connectivity index (χ3v) is 10.6. The summed E-state index contributed by atoms with van der Waals surface area (Å²) in [5.41, 5.74) is -1.21. The van der Waals surface area contributed by atoms with Gasteiger partial charge in [0.1, 0.15) is 0 Å². The predicted octanol–water partition coefficient (Wildman–Crippen LogP) is 13.9. The molecule has 0 atom stereocenters. The van der Waals surface area contributed by atoms with E-state index in [0.717, 1.165) is 51.5 Å². The molecule has 0 saturated carbocycles. The topological polar surface area (TPSA) is 55.8 Å². The standard InChI is InChI=1S/C45H89NO4/c1-6-10-13-16-19-22-25-30-35-41-49-43(47)45(5,44(48)50-42-36-31-26-23-20-17-14-11-7-2)37-32-27-29-34-40-46(38-9-4)39-33-28-24-21-18-15-12-8-3/h6-42H2,1-5H3. The summed E-state index contributed by atoms with van der Waals surface area (Å²) in [7, 11) is 0. The van der Waals surface area contributed by atoms with Crippen molar-refractivity contribution in [2.24, 2.45) is 5.41 Å². The Balaban J connectivity index is 4.61. The highest BCUT2D eigenvalue weighted by atomic mass is 16.6. The zero-order valence-corrected chi connectivity index (χ0v) is 34.7. The van der Waals surface area contributed by atoms with Gasteiger partial charge in [-0.15, -0.1) is 0 Å². The summed E-state index contributed by atoms with van der Waals surface area (Å²) < 4.78 is 11.5. The molecule has 5 nitrogen and oxygen atoms in total. The van der Waals surface area contributed by atoms with E-state index in [1.54, 1.807) is 6.92 Å². The molecule has 0 aliphatic heterocycles. The Morgan fingerprint density at radius 2 is 0.680 bits per heavy atom. The van der Waals surface area contributed by atoms with Gasteiger partial charge in [-0.05, 0) is 65.1 Å². The molecule has 0 unspecified atom stereocenters. The van der Waals surface area contributed by atoms with Crippen LogP contribution in [0.4, 0.5) is 0 Å². The van der Waals surface area contributed by atoms with E-state index in [1.807, 2.05) is 0 Å². The average Bonchev–Trinajstić information content (AvgIpc) is 3.11. The SMILES string of the molecule is CCCCCCCCCCCOC(=O)C(C)(CCCCCCN(CCC)CCCCCCCCCC)C(=O)OCCCCCCCCCCC. The molecule has 0 N–H and O–H groups in total. The van der Waals surface area contributed by atoms with E-state index >= 15 is 0 Å². The lowest BCUT2D eigenvalue weighted by Crippen LogP contribution is -2.39. The Kier molecular flexibility index (Phi) is 36.8. The van der Waals surface area contributed by atoms with Crippen LogP contribution in [0.5, 0.6) is 0 Å². The number of carbonyl (C=O) groups is 2. The Morgan fingerprint density at radius 1 is 0.380 bits per heavy atom. The minimum absolute atomic E-state index is 0.381. The van der Waals surface area contributed by atoms with Crippen LogP contribution in [0.25, 0.3) is 0 Å². The minimum atomic E-state index is -1.21.